The van der Waals surface area contributed by atoms with Crippen LogP contribution < -0.4 is 0 Å². The summed E-state index contributed by atoms with van der Waals surface area (Å²) in [5.74, 6) is -0.322. The van der Waals surface area contributed by atoms with E-state index in [1.54, 1.807) is 6.08 Å². The third kappa shape index (κ3) is 4.36. The first-order chi connectivity index (χ1) is 11.4. The number of para-hydroxylation sites is 1. The van der Waals surface area contributed by atoms with E-state index in [1.165, 1.54) is 0 Å². The van der Waals surface area contributed by atoms with E-state index < -0.39 is 8.07 Å². The van der Waals surface area contributed by atoms with Gasteiger partial charge >= 0.3 is 5.97 Å². The number of carbonyl (C=O) groups excluding carboxylic acids is 1. The van der Waals surface area contributed by atoms with Gasteiger partial charge in [-0.05, 0) is 24.6 Å². The zero-order chi connectivity index (χ0) is 17.7. The average molecular weight is 346 g/mol. The highest BCUT2D eigenvalue weighted by atomic mass is 28.3. The van der Waals surface area contributed by atoms with Gasteiger partial charge in [-0.3, -0.25) is 0 Å². The third-order valence-corrected chi connectivity index (χ3v) is 5.58. The maximum atomic E-state index is 12.3. The molecule has 0 radical (unpaired) electrons. The lowest BCUT2D eigenvalue weighted by Crippen LogP contribution is -2.22. The second-order valence-corrected chi connectivity index (χ2v) is 12.6. The van der Waals surface area contributed by atoms with Crippen molar-refractivity contribution in [1.82, 2.24) is 4.57 Å². The van der Waals surface area contributed by atoms with Crippen LogP contribution in [-0.4, -0.2) is 31.8 Å². The van der Waals surface area contributed by atoms with Crippen LogP contribution in [0.5, 0.6) is 0 Å². The minimum Gasteiger partial charge on any atom is -0.461 e. The normalized spacial score (nSPS) is 11.7. The van der Waals surface area contributed by atoms with E-state index in [0.29, 0.717) is 25.6 Å². The van der Waals surface area contributed by atoms with Gasteiger partial charge in [0.15, 0.2) is 0 Å². The number of ether oxygens (including phenoxy) is 2. The van der Waals surface area contributed by atoms with Crippen molar-refractivity contribution < 1.29 is 14.3 Å². The standard InChI is InChI=1S/C19H27NO3Si/c1-6-15-9-8-10-16-13-17(19(21)23-7-2)20(18(15)16)14-22-11-12-24(3,4)5/h6,8-10,13H,1,7,11-12,14H2,2-5H3. The first kappa shape index (κ1) is 18.5. The van der Waals surface area contributed by atoms with Crippen molar-refractivity contribution in [3.05, 3.63) is 42.1 Å². The summed E-state index contributed by atoms with van der Waals surface area (Å²) in [4.78, 5) is 12.3. The Morgan fingerprint density at radius 2 is 2.08 bits per heavy atom. The molecule has 5 heteroatoms. The number of fused-ring (bicyclic) bond motifs is 1. The molecule has 4 nitrogen and oxygen atoms in total. The summed E-state index contributed by atoms with van der Waals surface area (Å²) in [5, 5.41) is 0.990. The molecule has 0 N–H and O–H groups in total. The highest BCUT2D eigenvalue weighted by molar-refractivity contribution is 6.76. The molecule has 0 saturated heterocycles. The molecular weight excluding hydrogens is 318 g/mol. The quantitative estimate of drug-likeness (QED) is 0.393. The Balaban J connectivity index is 2.34. The molecule has 0 saturated carbocycles. The molecule has 1 aromatic heterocycles. The van der Waals surface area contributed by atoms with Gasteiger partial charge in [0, 0.05) is 20.1 Å². The molecule has 0 aliphatic rings. The molecule has 1 aromatic carbocycles. The van der Waals surface area contributed by atoms with Gasteiger partial charge in [0.25, 0.3) is 0 Å². The highest BCUT2D eigenvalue weighted by Gasteiger charge is 2.18. The fourth-order valence-corrected chi connectivity index (χ4v) is 3.32. The highest BCUT2D eigenvalue weighted by Crippen LogP contribution is 2.25. The van der Waals surface area contributed by atoms with Crippen LogP contribution in [0.15, 0.2) is 30.8 Å². The molecular formula is C19H27NO3Si. The van der Waals surface area contributed by atoms with E-state index in [0.717, 1.165) is 22.5 Å². The summed E-state index contributed by atoms with van der Waals surface area (Å²) in [7, 11) is -1.14. The molecule has 0 amide bonds. The van der Waals surface area contributed by atoms with E-state index in [2.05, 4.69) is 26.2 Å². The lowest BCUT2D eigenvalue weighted by molar-refractivity contribution is 0.0478. The Kier molecular flexibility index (Phi) is 6.02. The van der Waals surface area contributed by atoms with E-state index in [1.807, 2.05) is 35.8 Å². The van der Waals surface area contributed by atoms with Crippen LogP contribution >= 0.6 is 0 Å². The van der Waals surface area contributed by atoms with Gasteiger partial charge in [-0.2, -0.15) is 0 Å². The van der Waals surface area contributed by atoms with Gasteiger partial charge in [0.2, 0.25) is 0 Å². The summed E-state index contributed by atoms with van der Waals surface area (Å²) in [5.41, 5.74) is 2.47. The lowest BCUT2D eigenvalue weighted by Gasteiger charge is -2.17. The van der Waals surface area contributed by atoms with Crippen LogP contribution in [0, 0.1) is 0 Å². The monoisotopic (exact) mass is 345 g/mol. The van der Waals surface area contributed by atoms with Gasteiger partial charge in [-0.25, -0.2) is 4.79 Å². The van der Waals surface area contributed by atoms with Crippen molar-refractivity contribution in [2.75, 3.05) is 13.2 Å². The summed E-state index contributed by atoms with van der Waals surface area (Å²) in [6.45, 7) is 14.0. The Morgan fingerprint density at radius 1 is 1.33 bits per heavy atom. The predicted molar refractivity (Wildman–Crippen MR) is 102 cm³/mol. The molecule has 2 rings (SSSR count). The van der Waals surface area contributed by atoms with Crippen molar-refractivity contribution in [2.45, 2.75) is 39.3 Å². The number of hydrogen-bond acceptors (Lipinski definition) is 3. The van der Waals surface area contributed by atoms with Gasteiger partial charge in [0.05, 0.1) is 12.1 Å². The Labute approximate surface area is 145 Å². The fourth-order valence-electron chi connectivity index (χ4n) is 2.56. The maximum absolute atomic E-state index is 12.3. The first-order valence-electron chi connectivity index (χ1n) is 8.37. The zero-order valence-corrected chi connectivity index (χ0v) is 16.1. The van der Waals surface area contributed by atoms with E-state index >= 15 is 0 Å². The van der Waals surface area contributed by atoms with E-state index in [9.17, 15) is 4.79 Å². The second kappa shape index (κ2) is 7.81. The summed E-state index contributed by atoms with van der Waals surface area (Å²) in [6, 6.07) is 8.90. The smallest absolute Gasteiger partial charge is 0.355 e. The topological polar surface area (TPSA) is 40.5 Å². The summed E-state index contributed by atoms with van der Waals surface area (Å²) >= 11 is 0. The van der Waals surface area contributed by atoms with Crippen molar-refractivity contribution >= 4 is 31.0 Å². The molecule has 0 aliphatic heterocycles. The van der Waals surface area contributed by atoms with Crippen molar-refractivity contribution in [1.29, 1.82) is 0 Å². The largest absolute Gasteiger partial charge is 0.461 e. The zero-order valence-electron chi connectivity index (χ0n) is 15.1. The number of benzene rings is 1. The van der Waals surface area contributed by atoms with E-state index in [4.69, 9.17) is 9.47 Å². The summed E-state index contributed by atoms with van der Waals surface area (Å²) < 4.78 is 13.0. The minimum atomic E-state index is -1.14. The molecule has 0 unspecified atom stereocenters. The lowest BCUT2D eigenvalue weighted by atomic mass is 10.1. The fraction of sp³-hybridized carbons (Fsp3) is 0.421. The van der Waals surface area contributed by atoms with Crippen molar-refractivity contribution in [3.63, 3.8) is 0 Å². The first-order valence-corrected chi connectivity index (χ1v) is 12.1. The molecule has 1 heterocycles. The molecule has 2 aromatic rings. The molecule has 0 aliphatic carbocycles. The van der Waals surface area contributed by atoms with Crippen molar-refractivity contribution in [3.8, 4) is 0 Å². The Morgan fingerprint density at radius 3 is 2.71 bits per heavy atom. The van der Waals surface area contributed by atoms with Crippen LogP contribution in [0.3, 0.4) is 0 Å². The molecule has 0 spiro atoms. The number of carbonyl (C=O) groups is 1. The molecule has 130 valence electrons. The SMILES string of the molecule is C=Cc1cccc2cc(C(=O)OCC)n(COCC[Si](C)(C)C)c12. The van der Waals surface area contributed by atoms with Crippen LogP contribution in [0.25, 0.3) is 17.0 Å². The average Bonchev–Trinajstić information content (AvgIpc) is 2.89. The predicted octanol–water partition coefficient (Wildman–Crippen LogP) is 4.77. The van der Waals surface area contributed by atoms with E-state index in [-0.39, 0.29) is 5.97 Å². The second-order valence-electron chi connectivity index (χ2n) is 7.02. The van der Waals surface area contributed by atoms with Gasteiger partial charge in [0.1, 0.15) is 12.4 Å². The molecule has 0 bridgehead atoms. The molecule has 24 heavy (non-hydrogen) atoms. The number of esters is 1. The van der Waals surface area contributed by atoms with Gasteiger partial charge in [-0.1, -0.05) is 50.5 Å². The van der Waals surface area contributed by atoms with Crippen LogP contribution in [-0.2, 0) is 16.2 Å². The summed E-state index contributed by atoms with van der Waals surface area (Å²) in [6.07, 6.45) is 1.80. The van der Waals surface area contributed by atoms with Crippen LogP contribution in [0.2, 0.25) is 25.7 Å². The minimum absolute atomic E-state index is 0.322. The number of rotatable bonds is 8. The third-order valence-electron chi connectivity index (χ3n) is 3.87. The van der Waals surface area contributed by atoms with Crippen LogP contribution in [0.1, 0.15) is 23.0 Å². The number of aromatic nitrogens is 1. The molecule has 0 atom stereocenters. The maximum Gasteiger partial charge on any atom is 0.355 e. The Bertz CT molecular complexity index is 728. The Hall–Kier alpha value is -1.85. The van der Waals surface area contributed by atoms with Crippen molar-refractivity contribution in [2.24, 2.45) is 0 Å². The molecule has 0 fully saturated rings. The van der Waals surface area contributed by atoms with Gasteiger partial charge < -0.3 is 14.0 Å². The number of hydrogen-bond donors (Lipinski definition) is 0. The van der Waals surface area contributed by atoms with Crippen LogP contribution in [0.4, 0.5) is 0 Å². The van der Waals surface area contributed by atoms with Gasteiger partial charge in [-0.15, -0.1) is 0 Å². The number of nitrogens with zero attached hydrogens (tertiary/aromatic N) is 1.